The van der Waals surface area contributed by atoms with Gasteiger partial charge in [0, 0.05) is 5.56 Å². The van der Waals surface area contributed by atoms with E-state index in [1.54, 1.807) is 6.07 Å². The maximum atomic E-state index is 8.76. The average molecular weight is 184 g/mol. The van der Waals surface area contributed by atoms with E-state index in [1.165, 1.54) is 0 Å². The molecule has 3 heteroatoms. The van der Waals surface area contributed by atoms with Crippen LogP contribution in [0.3, 0.4) is 0 Å². The van der Waals surface area contributed by atoms with Gasteiger partial charge in [-0.15, -0.1) is 0 Å². The monoisotopic (exact) mass is 183 g/mol. The maximum absolute atomic E-state index is 8.76. The molecule has 0 unspecified atom stereocenters. The first-order valence-corrected chi connectivity index (χ1v) is 3.98. The number of anilines is 1. The summed E-state index contributed by atoms with van der Waals surface area (Å²) < 4.78 is 0. The highest BCUT2D eigenvalue weighted by Crippen LogP contribution is 2.26. The van der Waals surface area contributed by atoms with Gasteiger partial charge in [0.1, 0.15) is 0 Å². The predicted octanol–water partition coefficient (Wildman–Crippen LogP) is 3.17. The number of hydrogen-bond donors (Lipinski definition) is 2. The summed E-state index contributed by atoms with van der Waals surface area (Å²) in [5, 5.41) is 9.27. The van der Waals surface area contributed by atoms with Gasteiger partial charge in [0.05, 0.1) is 10.7 Å². The number of hydrogen-bond acceptors (Lipinski definition) is 2. The third kappa shape index (κ3) is 1.78. The molecule has 0 heterocycles. The molecule has 0 aromatic heterocycles. The van der Waals surface area contributed by atoms with Gasteiger partial charge in [0.25, 0.3) is 0 Å². The van der Waals surface area contributed by atoms with Crippen LogP contribution in [0.4, 0.5) is 5.69 Å². The Hall–Kier alpha value is -0.990. The molecular weight excluding hydrogens is 174 g/mol. The molecule has 0 saturated heterocycles. The van der Waals surface area contributed by atoms with Crippen LogP contribution in [0.25, 0.3) is 6.08 Å². The van der Waals surface area contributed by atoms with Crippen LogP contribution in [0.2, 0.25) is 5.02 Å². The van der Waals surface area contributed by atoms with Crippen LogP contribution in [0, 0.1) is 0 Å². The van der Waals surface area contributed by atoms with E-state index in [2.05, 4.69) is 5.48 Å². The molecule has 0 radical (unpaired) electrons. The summed E-state index contributed by atoms with van der Waals surface area (Å²) in [6, 6.07) is 5.41. The van der Waals surface area contributed by atoms with Crippen LogP contribution in [-0.2, 0) is 0 Å². The van der Waals surface area contributed by atoms with E-state index in [4.69, 9.17) is 16.8 Å². The Bertz CT molecular complexity index is 297. The summed E-state index contributed by atoms with van der Waals surface area (Å²) >= 11 is 5.81. The van der Waals surface area contributed by atoms with Crippen molar-refractivity contribution >= 4 is 23.4 Å². The Morgan fingerprint density at radius 2 is 2.25 bits per heavy atom. The van der Waals surface area contributed by atoms with Crippen molar-refractivity contribution in [2.75, 3.05) is 5.48 Å². The molecule has 0 saturated carbocycles. The molecule has 2 N–H and O–H groups in total. The highest BCUT2D eigenvalue weighted by Gasteiger charge is 2.01. The average Bonchev–Trinajstić information content (AvgIpc) is 2.05. The molecule has 0 amide bonds. The topological polar surface area (TPSA) is 32.3 Å². The van der Waals surface area contributed by atoms with Gasteiger partial charge in [-0.25, -0.2) is 0 Å². The van der Waals surface area contributed by atoms with Crippen LogP contribution in [0.15, 0.2) is 24.3 Å². The first-order chi connectivity index (χ1) is 5.79. The van der Waals surface area contributed by atoms with Gasteiger partial charge in [0.2, 0.25) is 0 Å². The van der Waals surface area contributed by atoms with E-state index in [0.717, 1.165) is 5.56 Å². The number of para-hydroxylation sites is 1. The highest BCUT2D eigenvalue weighted by atomic mass is 35.5. The van der Waals surface area contributed by atoms with Gasteiger partial charge in [0.15, 0.2) is 0 Å². The van der Waals surface area contributed by atoms with E-state index in [1.807, 2.05) is 31.2 Å². The normalized spacial score (nSPS) is 10.6. The van der Waals surface area contributed by atoms with Crippen molar-refractivity contribution in [3.63, 3.8) is 0 Å². The van der Waals surface area contributed by atoms with Crippen LogP contribution < -0.4 is 5.48 Å². The number of nitrogens with one attached hydrogen (secondary N) is 1. The molecule has 0 atom stereocenters. The molecule has 2 nitrogen and oxygen atoms in total. The second-order valence-electron chi connectivity index (χ2n) is 2.32. The Morgan fingerprint density at radius 3 is 2.83 bits per heavy atom. The summed E-state index contributed by atoms with van der Waals surface area (Å²) in [5.74, 6) is 0. The predicted molar refractivity (Wildman–Crippen MR) is 51.6 cm³/mol. The lowest BCUT2D eigenvalue weighted by Gasteiger charge is -2.05. The zero-order valence-corrected chi connectivity index (χ0v) is 7.47. The van der Waals surface area contributed by atoms with Crippen molar-refractivity contribution in [2.45, 2.75) is 6.92 Å². The maximum Gasteiger partial charge on any atom is 0.0860 e. The molecule has 12 heavy (non-hydrogen) atoms. The van der Waals surface area contributed by atoms with Crippen LogP contribution in [0.1, 0.15) is 12.5 Å². The fraction of sp³-hybridized carbons (Fsp3) is 0.111. The van der Waals surface area contributed by atoms with E-state index >= 15 is 0 Å². The van der Waals surface area contributed by atoms with Crippen molar-refractivity contribution in [3.8, 4) is 0 Å². The molecule has 0 fully saturated rings. The highest BCUT2D eigenvalue weighted by molar-refractivity contribution is 6.33. The zero-order valence-electron chi connectivity index (χ0n) is 6.71. The third-order valence-electron chi connectivity index (χ3n) is 1.50. The summed E-state index contributed by atoms with van der Waals surface area (Å²) in [6.45, 7) is 1.90. The molecule has 1 aromatic rings. The van der Waals surface area contributed by atoms with E-state index in [0.29, 0.717) is 10.7 Å². The summed E-state index contributed by atoms with van der Waals surface area (Å²) in [4.78, 5) is 0. The number of benzene rings is 1. The third-order valence-corrected chi connectivity index (χ3v) is 1.82. The molecule has 0 aliphatic heterocycles. The largest absolute Gasteiger partial charge is 0.291 e. The molecule has 0 aliphatic carbocycles. The van der Waals surface area contributed by atoms with Crippen LogP contribution in [0.5, 0.6) is 0 Å². The fourth-order valence-corrected chi connectivity index (χ4v) is 1.20. The summed E-state index contributed by atoms with van der Waals surface area (Å²) in [6.07, 6.45) is 3.75. The Morgan fingerprint density at radius 1 is 1.50 bits per heavy atom. The van der Waals surface area contributed by atoms with Gasteiger partial charge >= 0.3 is 0 Å². The van der Waals surface area contributed by atoms with Gasteiger partial charge < -0.3 is 0 Å². The molecule has 0 spiro atoms. The van der Waals surface area contributed by atoms with Gasteiger partial charge in [-0.05, 0) is 13.0 Å². The van der Waals surface area contributed by atoms with Gasteiger partial charge in [-0.3, -0.25) is 10.7 Å². The number of halogens is 1. The Labute approximate surface area is 76.4 Å². The molecular formula is C9H10ClNO. The minimum atomic E-state index is 0.508. The standard InChI is InChI=1S/C9H10ClNO/c1-2-4-7-5-3-6-8(10)9(7)11-12/h2-6,11-12H,1H3. The second kappa shape index (κ2) is 4.14. The first kappa shape index (κ1) is 9.10. The summed E-state index contributed by atoms with van der Waals surface area (Å²) in [7, 11) is 0. The lowest BCUT2D eigenvalue weighted by molar-refractivity contribution is 0.389. The number of rotatable bonds is 2. The van der Waals surface area contributed by atoms with Crippen molar-refractivity contribution in [1.29, 1.82) is 0 Å². The van der Waals surface area contributed by atoms with Crippen LogP contribution in [-0.4, -0.2) is 5.21 Å². The molecule has 0 bridgehead atoms. The molecule has 1 aromatic carbocycles. The lowest BCUT2D eigenvalue weighted by atomic mass is 10.1. The van der Waals surface area contributed by atoms with Crippen molar-refractivity contribution in [3.05, 3.63) is 34.9 Å². The first-order valence-electron chi connectivity index (χ1n) is 3.61. The SMILES string of the molecule is CC=Cc1cccc(Cl)c1NO. The zero-order chi connectivity index (χ0) is 8.97. The smallest absolute Gasteiger partial charge is 0.0860 e. The van der Waals surface area contributed by atoms with Crippen LogP contribution >= 0.6 is 11.6 Å². The number of allylic oxidation sites excluding steroid dienone is 1. The fourth-order valence-electron chi connectivity index (χ4n) is 0.977. The minimum absolute atomic E-state index is 0.508. The van der Waals surface area contributed by atoms with Crippen molar-refractivity contribution < 1.29 is 5.21 Å². The van der Waals surface area contributed by atoms with Gasteiger partial charge in [-0.2, -0.15) is 0 Å². The second-order valence-corrected chi connectivity index (χ2v) is 2.72. The lowest BCUT2D eigenvalue weighted by Crippen LogP contribution is -1.92. The van der Waals surface area contributed by atoms with E-state index in [9.17, 15) is 0 Å². The molecule has 64 valence electrons. The van der Waals surface area contributed by atoms with Crippen molar-refractivity contribution in [2.24, 2.45) is 0 Å². The van der Waals surface area contributed by atoms with E-state index in [-0.39, 0.29) is 0 Å². The Balaban J connectivity index is 3.18. The van der Waals surface area contributed by atoms with E-state index < -0.39 is 0 Å². The molecule has 0 aliphatic rings. The minimum Gasteiger partial charge on any atom is -0.291 e. The summed E-state index contributed by atoms with van der Waals surface area (Å²) in [5.41, 5.74) is 3.47. The Kier molecular flexibility index (Phi) is 3.14. The quantitative estimate of drug-likeness (QED) is 0.691. The van der Waals surface area contributed by atoms with Gasteiger partial charge in [-0.1, -0.05) is 35.9 Å². The van der Waals surface area contributed by atoms with Crippen molar-refractivity contribution in [1.82, 2.24) is 0 Å². The molecule has 1 rings (SSSR count).